The number of aliphatic imine (C=N–C) groups is 1. The summed E-state index contributed by atoms with van der Waals surface area (Å²) in [6.07, 6.45) is 1.77. The van der Waals surface area contributed by atoms with E-state index in [1.54, 1.807) is 0 Å². The second-order valence-corrected chi connectivity index (χ2v) is 2.63. The average molecular weight is 259 g/mol. The molecule has 0 heterocycles. The first-order chi connectivity index (χ1) is 8.43. The van der Waals surface area contributed by atoms with Crippen LogP contribution in [0.4, 0.5) is 0 Å². The van der Waals surface area contributed by atoms with Gasteiger partial charge in [-0.25, -0.2) is 14.6 Å². The van der Waals surface area contributed by atoms with E-state index in [0.717, 1.165) is 6.08 Å². The van der Waals surface area contributed by atoms with E-state index in [1.165, 1.54) is 6.08 Å². The van der Waals surface area contributed by atoms with Gasteiger partial charge in [-0.3, -0.25) is 9.59 Å². The van der Waals surface area contributed by atoms with E-state index in [9.17, 15) is 19.2 Å². The maximum Gasteiger partial charge on any atom is 0.330 e. The second kappa shape index (κ2) is 12.6. The lowest BCUT2D eigenvalue weighted by Gasteiger charge is -1.94. The summed E-state index contributed by atoms with van der Waals surface area (Å²) in [7, 11) is 0. The summed E-state index contributed by atoms with van der Waals surface area (Å²) in [5, 5.41) is 15.8. The predicted molar refractivity (Wildman–Crippen MR) is 58.7 cm³/mol. The number of ether oxygens (including phenoxy) is 1. The molecule has 0 radical (unpaired) electrons. The van der Waals surface area contributed by atoms with Crippen LogP contribution in [-0.2, 0) is 23.9 Å². The normalized spacial score (nSPS) is 8.00. The lowest BCUT2D eigenvalue weighted by Crippen LogP contribution is -2.03. The van der Waals surface area contributed by atoms with Crippen LogP contribution in [0.5, 0.6) is 0 Å². The third kappa shape index (κ3) is 19.2. The molecule has 0 saturated carbocycles. The van der Waals surface area contributed by atoms with Gasteiger partial charge in [-0.05, 0) is 0 Å². The highest BCUT2D eigenvalue weighted by atomic mass is 16.5. The topological polar surface area (TPSA) is 130 Å². The number of aliphatic carboxylic acids is 2. The number of esters is 1. The molecule has 0 aliphatic rings. The molecule has 0 aliphatic carbocycles. The van der Waals surface area contributed by atoms with Gasteiger partial charge in [0.25, 0.3) is 0 Å². The van der Waals surface area contributed by atoms with Gasteiger partial charge < -0.3 is 14.9 Å². The zero-order chi connectivity index (χ0) is 14.4. The number of carbonyl (C=O) groups excluding carboxylic acids is 2. The monoisotopic (exact) mass is 259 g/mol. The van der Waals surface area contributed by atoms with Crippen LogP contribution >= 0.6 is 0 Å². The van der Waals surface area contributed by atoms with Crippen molar-refractivity contribution < 1.29 is 34.1 Å². The van der Waals surface area contributed by atoms with Crippen molar-refractivity contribution >= 4 is 24.0 Å². The SMILES string of the molecule is C=CC(=O)OCCN=C=O.O=C(O)CCC(=O)O. The molecule has 0 saturated heterocycles. The van der Waals surface area contributed by atoms with Crippen molar-refractivity contribution in [2.45, 2.75) is 12.8 Å². The minimum Gasteiger partial charge on any atom is -0.481 e. The highest BCUT2D eigenvalue weighted by molar-refractivity contribution is 5.81. The molecular formula is C10H13NO7. The van der Waals surface area contributed by atoms with E-state index in [-0.39, 0.29) is 26.0 Å². The van der Waals surface area contributed by atoms with Crippen LogP contribution in [0.1, 0.15) is 12.8 Å². The van der Waals surface area contributed by atoms with Crippen LogP contribution in [0.3, 0.4) is 0 Å². The van der Waals surface area contributed by atoms with Gasteiger partial charge in [0, 0.05) is 6.08 Å². The summed E-state index contributed by atoms with van der Waals surface area (Å²) in [6.45, 7) is 3.43. The Morgan fingerprint density at radius 2 is 1.72 bits per heavy atom. The minimum atomic E-state index is -1.08. The molecule has 100 valence electrons. The molecule has 0 fully saturated rings. The van der Waals surface area contributed by atoms with Gasteiger partial charge in [-0.2, -0.15) is 0 Å². The van der Waals surface area contributed by atoms with Crippen LogP contribution in [0, 0.1) is 0 Å². The molecule has 2 N–H and O–H groups in total. The molecule has 0 aromatic carbocycles. The van der Waals surface area contributed by atoms with Crippen molar-refractivity contribution in [3.8, 4) is 0 Å². The maximum absolute atomic E-state index is 10.3. The van der Waals surface area contributed by atoms with Crippen molar-refractivity contribution in [3.63, 3.8) is 0 Å². The van der Waals surface area contributed by atoms with Gasteiger partial charge in [0.2, 0.25) is 6.08 Å². The summed E-state index contributed by atoms with van der Waals surface area (Å²) >= 11 is 0. The van der Waals surface area contributed by atoms with E-state index in [4.69, 9.17) is 10.2 Å². The Kier molecular flexibility index (Phi) is 12.5. The lowest BCUT2D eigenvalue weighted by molar-refractivity contribution is -0.143. The number of carbonyl (C=O) groups is 3. The summed E-state index contributed by atoms with van der Waals surface area (Å²) in [5.41, 5.74) is 0. The van der Waals surface area contributed by atoms with Crippen molar-refractivity contribution in [2.75, 3.05) is 13.2 Å². The Bertz CT molecular complexity index is 330. The van der Waals surface area contributed by atoms with Gasteiger partial charge in [-0.1, -0.05) is 6.58 Å². The average Bonchev–Trinajstić information content (AvgIpc) is 2.32. The van der Waals surface area contributed by atoms with Gasteiger partial charge in [0.15, 0.2) is 0 Å². The van der Waals surface area contributed by atoms with Gasteiger partial charge in [0.05, 0.1) is 19.4 Å². The molecule has 0 unspecified atom stereocenters. The van der Waals surface area contributed by atoms with Gasteiger partial charge >= 0.3 is 17.9 Å². The first-order valence-electron chi connectivity index (χ1n) is 4.70. The Hall–Kier alpha value is -2.47. The molecule has 0 aromatic rings. The highest BCUT2D eigenvalue weighted by Crippen LogP contribution is 1.86. The molecule has 0 rings (SSSR count). The summed E-state index contributed by atoms with van der Waals surface area (Å²) in [5.74, 6) is -2.67. The van der Waals surface area contributed by atoms with Crippen LogP contribution < -0.4 is 0 Å². The number of rotatable bonds is 7. The third-order valence-electron chi connectivity index (χ3n) is 1.23. The second-order valence-electron chi connectivity index (χ2n) is 2.63. The zero-order valence-corrected chi connectivity index (χ0v) is 9.50. The van der Waals surface area contributed by atoms with E-state index in [0.29, 0.717) is 0 Å². The number of carboxylic acid groups (broad SMARTS) is 2. The van der Waals surface area contributed by atoms with E-state index in [1.807, 2.05) is 0 Å². The highest BCUT2D eigenvalue weighted by Gasteiger charge is 2.00. The third-order valence-corrected chi connectivity index (χ3v) is 1.23. The molecule has 0 aromatic heterocycles. The van der Waals surface area contributed by atoms with Crippen LogP contribution in [0.15, 0.2) is 17.6 Å². The molecule has 8 heteroatoms. The molecule has 0 aliphatic heterocycles. The van der Waals surface area contributed by atoms with Crippen LogP contribution in [-0.4, -0.2) is 47.4 Å². The lowest BCUT2D eigenvalue weighted by atomic mass is 10.3. The predicted octanol–water partition coefficient (Wildman–Crippen LogP) is -0.0128. The Labute approximate surface area is 103 Å². The molecular weight excluding hydrogens is 246 g/mol. The number of carboxylic acids is 2. The Balaban J connectivity index is 0. The zero-order valence-electron chi connectivity index (χ0n) is 9.50. The van der Waals surface area contributed by atoms with Gasteiger partial charge in [0.1, 0.15) is 6.61 Å². The molecule has 0 amide bonds. The molecule has 8 nitrogen and oxygen atoms in total. The summed E-state index contributed by atoms with van der Waals surface area (Å²) in [4.78, 5) is 42.2. The van der Waals surface area contributed by atoms with Crippen molar-refractivity contribution in [1.82, 2.24) is 0 Å². The Morgan fingerprint density at radius 1 is 1.22 bits per heavy atom. The number of hydrogen-bond donors (Lipinski definition) is 2. The smallest absolute Gasteiger partial charge is 0.330 e. The molecule has 0 spiro atoms. The maximum atomic E-state index is 10.3. The fourth-order valence-electron chi connectivity index (χ4n) is 0.510. The first kappa shape index (κ1) is 17.9. The van der Waals surface area contributed by atoms with E-state index in [2.05, 4.69) is 16.3 Å². The standard InChI is InChI=1S/C6H7NO3.C4H6O4/c1-2-6(9)10-4-3-7-5-8;5-3(6)1-2-4(7)8/h2H,1,3-4H2;1-2H2,(H,5,6)(H,7,8). The van der Waals surface area contributed by atoms with E-state index < -0.39 is 17.9 Å². The van der Waals surface area contributed by atoms with Crippen LogP contribution in [0.25, 0.3) is 0 Å². The fraction of sp³-hybridized carbons (Fsp3) is 0.400. The largest absolute Gasteiger partial charge is 0.481 e. The van der Waals surface area contributed by atoms with Crippen LogP contribution in [0.2, 0.25) is 0 Å². The number of isocyanates is 1. The molecule has 0 atom stereocenters. The van der Waals surface area contributed by atoms with Crippen molar-refractivity contribution in [3.05, 3.63) is 12.7 Å². The van der Waals surface area contributed by atoms with Crippen molar-refractivity contribution in [1.29, 1.82) is 0 Å². The first-order valence-corrected chi connectivity index (χ1v) is 4.70. The van der Waals surface area contributed by atoms with E-state index >= 15 is 0 Å². The summed E-state index contributed by atoms with van der Waals surface area (Å²) < 4.78 is 4.46. The molecule has 0 bridgehead atoms. The summed E-state index contributed by atoms with van der Waals surface area (Å²) in [6, 6.07) is 0. The Morgan fingerprint density at radius 3 is 2.06 bits per heavy atom. The number of hydrogen-bond acceptors (Lipinski definition) is 6. The fourth-order valence-corrected chi connectivity index (χ4v) is 0.510. The van der Waals surface area contributed by atoms with Crippen molar-refractivity contribution in [2.24, 2.45) is 4.99 Å². The number of nitrogens with zero attached hydrogens (tertiary/aromatic N) is 1. The minimum absolute atomic E-state index is 0.0973. The quantitative estimate of drug-likeness (QED) is 0.216. The van der Waals surface area contributed by atoms with Gasteiger partial charge in [-0.15, -0.1) is 0 Å². The molecule has 18 heavy (non-hydrogen) atoms.